The quantitative estimate of drug-likeness (QED) is 0.780. The van der Waals surface area contributed by atoms with Crippen LogP contribution in [0.5, 0.6) is 0 Å². The number of nitrogens with one attached hydrogen (secondary N) is 1. The molecule has 6 nitrogen and oxygen atoms in total. The molecule has 1 aromatic heterocycles. The van der Waals surface area contributed by atoms with Crippen molar-refractivity contribution in [1.29, 1.82) is 0 Å². The number of hydrogen-bond donors (Lipinski definition) is 1. The van der Waals surface area contributed by atoms with Gasteiger partial charge in [0.05, 0.1) is 17.6 Å². The minimum absolute atomic E-state index is 0.316. The van der Waals surface area contributed by atoms with Gasteiger partial charge in [0.2, 0.25) is 5.91 Å². The number of carbonyl (C=O) groups excluding carboxylic acids is 1. The first-order chi connectivity index (χ1) is 12.5. The predicted octanol–water partition coefficient (Wildman–Crippen LogP) is 2.78. The van der Waals surface area contributed by atoms with Crippen molar-refractivity contribution in [2.24, 2.45) is 0 Å². The van der Waals surface area contributed by atoms with Crippen molar-refractivity contribution in [3.8, 4) is 11.3 Å². The Morgan fingerprint density at radius 1 is 1.15 bits per heavy atom. The second-order valence-corrected chi connectivity index (χ2v) is 5.52. The van der Waals surface area contributed by atoms with Gasteiger partial charge in [0.15, 0.2) is 0 Å². The largest absolute Gasteiger partial charge is 0.365 e. The Hall–Kier alpha value is -3.42. The molecule has 1 N–H and O–H groups in total. The van der Waals surface area contributed by atoms with Crippen LogP contribution in [0.15, 0.2) is 59.5 Å². The van der Waals surface area contributed by atoms with E-state index in [1.54, 1.807) is 24.3 Å². The molecule has 0 spiro atoms. The number of halogens is 2. The lowest BCUT2D eigenvalue weighted by Crippen LogP contribution is -2.35. The molecule has 3 aromatic rings. The molecule has 2 aromatic carbocycles. The van der Waals surface area contributed by atoms with Gasteiger partial charge in [-0.2, -0.15) is 10.1 Å². The summed E-state index contributed by atoms with van der Waals surface area (Å²) in [5, 5.41) is 6.21. The maximum absolute atomic E-state index is 13.6. The van der Waals surface area contributed by atoms with Crippen molar-refractivity contribution >= 4 is 11.6 Å². The van der Waals surface area contributed by atoms with Crippen LogP contribution in [0.2, 0.25) is 0 Å². The zero-order chi connectivity index (χ0) is 18.7. The van der Waals surface area contributed by atoms with Crippen molar-refractivity contribution in [2.75, 3.05) is 5.32 Å². The standard InChI is InChI=1S/C18H14F2N4O2/c1-11(17(25)22-15-9-13(19)7-8-14(15)20)24-18(26)23-16(10-21-24)12-5-3-2-4-6-12/h2-11H,1H3,(H,22,25)/t11-/m1/s1. The lowest BCUT2D eigenvalue weighted by atomic mass is 10.2. The number of carbonyl (C=O) groups is 1. The lowest BCUT2D eigenvalue weighted by Gasteiger charge is -2.14. The molecule has 0 saturated heterocycles. The lowest BCUT2D eigenvalue weighted by molar-refractivity contribution is -0.119. The van der Waals surface area contributed by atoms with Gasteiger partial charge in [-0.15, -0.1) is 0 Å². The predicted molar refractivity (Wildman–Crippen MR) is 91.4 cm³/mol. The molecule has 1 heterocycles. The summed E-state index contributed by atoms with van der Waals surface area (Å²) < 4.78 is 27.7. The second kappa shape index (κ2) is 7.22. The van der Waals surface area contributed by atoms with Crippen molar-refractivity contribution in [3.63, 3.8) is 0 Å². The Kier molecular flexibility index (Phi) is 4.83. The fourth-order valence-electron chi connectivity index (χ4n) is 2.30. The highest BCUT2D eigenvalue weighted by molar-refractivity contribution is 5.93. The van der Waals surface area contributed by atoms with Gasteiger partial charge in [0.25, 0.3) is 0 Å². The minimum atomic E-state index is -1.07. The smallest absolute Gasteiger partial charge is 0.322 e. The van der Waals surface area contributed by atoms with E-state index in [1.165, 1.54) is 13.1 Å². The molecule has 0 unspecified atom stereocenters. The summed E-state index contributed by atoms with van der Waals surface area (Å²) >= 11 is 0. The number of hydrogen-bond acceptors (Lipinski definition) is 4. The number of rotatable bonds is 4. The SMILES string of the molecule is C[C@H](C(=O)Nc1cc(F)ccc1F)n1ncc(-c2ccccc2)nc1=O. The number of nitrogens with zero attached hydrogens (tertiary/aromatic N) is 3. The van der Waals surface area contributed by atoms with Gasteiger partial charge >= 0.3 is 5.69 Å². The maximum atomic E-state index is 13.6. The molecule has 26 heavy (non-hydrogen) atoms. The Morgan fingerprint density at radius 2 is 1.88 bits per heavy atom. The molecule has 0 aliphatic rings. The average molecular weight is 356 g/mol. The van der Waals surface area contributed by atoms with Crippen molar-refractivity contribution in [2.45, 2.75) is 13.0 Å². The molecule has 132 valence electrons. The number of benzene rings is 2. The summed E-state index contributed by atoms with van der Waals surface area (Å²) in [5.41, 5.74) is 0.0382. The Bertz CT molecular complexity index is 1010. The molecular formula is C18H14F2N4O2. The highest BCUT2D eigenvalue weighted by Crippen LogP contribution is 2.17. The van der Waals surface area contributed by atoms with Crippen LogP contribution in [0.1, 0.15) is 13.0 Å². The zero-order valence-corrected chi connectivity index (χ0v) is 13.7. The van der Waals surface area contributed by atoms with Crippen molar-refractivity contribution in [3.05, 3.63) is 76.8 Å². The van der Waals surface area contributed by atoms with Gasteiger partial charge in [-0.3, -0.25) is 4.79 Å². The van der Waals surface area contributed by atoms with Crippen LogP contribution in [-0.4, -0.2) is 20.7 Å². The topological polar surface area (TPSA) is 76.9 Å². The van der Waals surface area contributed by atoms with E-state index in [1.807, 2.05) is 6.07 Å². The fourth-order valence-corrected chi connectivity index (χ4v) is 2.30. The van der Waals surface area contributed by atoms with E-state index in [0.29, 0.717) is 11.3 Å². The molecule has 0 bridgehead atoms. The first-order valence-electron chi connectivity index (χ1n) is 7.73. The number of anilines is 1. The first kappa shape index (κ1) is 17.4. The van der Waals surface area contributed by atoms with Gasteiger partial charge in [-0.25, -0.2) is 18.3 Å². The monoisotopic (exact) mass is 356 g/mol. The average Bonchev–Trinajstić information content (AvgIpc) is 2.64. The Morgan fingerprint density at radius 3 is 2.58 bits per heavy atom. The molecule has 0 saturated carbocycles. The van der Waals surface area contributed by atoms with E-state index in [2.05, 4.69) is 15.4 Å². The van der Waals surface area contributed by atoms with E-state index in [9.17, 15) is 18.4 Å². The molecule has 3 rings (SSSR count). The van der Waals surface area contributed by atoms with Gasteiger partial charge < -0.3 is 5.32 Å². The zero-order valence-electron chi connectivity index (χ0n) is 13.7. The summed E-state index contributed by atoms with van der Waals surface area (Å²) in [7, 11) is 0. The molecular weight excluding hydrogens is 342 g/mol. The van der Waals surface area contributed by atoms with E-state index >= 15 is 0 Å². The molecule has 1 amide bonds. The summed E-state index contributed by atoms with van der Waals surface area (Å²) in [6.07, 6.45) is 1.36. The highest BCUT2D eigenvalue weighted by atomic mass is 19.1. The van der Waals surface area contributed by atoms with Gasteiger partial charge in [0.1, 0.15) is 17.7 Å². The fraction of sp³-hybridized carbons (Fsp3) is 0.111. The van der Waals surface area contributed by atoms with Gasteiger partial charge in [-0.1, -0.05) is 30.3 Å². The van der Waals surface area contributed by atoms with Crippen LogP contribution in [0, 0.1) is 11.6 Å². The van der Waals surface area contributed by atoms with Crippen LogP contribution in [0.3, 0.4) is 0 Å². The minimum Gasteiger partial charge on any atom is -0.322 e. The number of aromatic nitrogens is 3. The van der Waals surface area contributed by atoms with E-state index in [-0.39, 0.29) is 5.69 Å². The van der Waals surface area contributed by atoms with Crippen LogP contribution < -0.4 is 11.0 Å². The normalized spacial score (nSPS) is 11.8. The van der Waals surface area contributed by atoms with Crippen LogP contribution in [-0.2, 0) is 4.79 Å². The van der Waals surface area contributed by atoms with Gasteiger partial charge in [0, 0.05) is 11.6 Å². The van der Waals surface area contributed by atoms with Crippen LogP contribution >= 0.6 is 0 Å². The molecule has 0 aliphatic carbocycles. The van der Waals surface area contributed by atoms with Crippen molar-refractivity contribution < 1.29 is 13.6 Å². The van der Waals surface area contributed by atoms with Crippen LogP contribution in [0.4, 0.5) is 14.5 Å². The molecule has 1 atom stereocenters. The number of amides is 1. The van der Waals surface area contributed by atoms with E-state index in [0.717, 1.165) is 22.9 Å². The Balaban J connectivity index is 1.83. The third-order valence-electron chi connectivity index (χ3n) is 3.72. The summed E-state index contributed by atoms with van der Waals surface area (Å²) in [4.78, 5) is 28.4. The third kappa shape index (κ3) is 3.64. The van der Waals surface area contributed by atoms with Gasteiger partial charge in [-0.05, 0) is 19.1 Å². The Labute approximate surface area is 147 Å². The first-order valence-corrected chi connectivity index (χ1v) is 7.73. The molecule has 0 radical (unpaired) electrons. The van der Waals surface area contributed by atoms with E-state index in [4.69, 9.17) is 0 Å². The molecule has 0 aliphatic heterocycles. The molecule has 0 fully saturated rings. The maximum Gasteiger partial charge on any atom is 0.365 e. The third-order valence-corrected chi connectivity index (χ3v) is 3.72. The van der Waals surface area contributed by atoms with E-state index < -0.39 is 29.3 Å². The highest BCUT2D eigenvalue weighted by Gasteiger charge is 2.20. The summed E-state index contributed by atoms with van der Waals surface area (Å²) in [5.74, 6) is -2.21. The second-order valence-electron chi connectivity index (χ2n) is 5.52. The molecule has 8 heteroatoms. The summed E-state index contributed by atoms with van der Waals surface area (Å²) in [6, 6.07) is 10.6. The summed E-state index contributed by atoms with van der Waals surface area (Å²) in [6.45, 7) is 1.41. The van der Waals surface area contributed by atoms with Crippen molar-refractivity contribution in [1.82, 2.24) is 14.8 Å². The van der Waals surface area contributed by atoms with Crippen LogP contribution in [0.25, 0.3) is 11.3 Å².